The summed E-state index contributed by atoms with van der Waals surface area (Å²) in [6.07, 6.45) is 6.28. The Kier molecular flexibility index (Phi) is 14.0. The first-order valence-corrected chi connectivity index (χ1v) is 14.5. The molecule has 0 N–H and O–H groups in total. The molecule has 2 aliphatic heterocycles. The highest BCUT2D eigenvalue weighted by atomic mass is 79.9. The summed E-state index contributed by atoms with van der Waals surface area (Å²) in [5, 5.41) is 5.54. The van der Waals surface area contributed by atoms with Crippen molar-refractivity contribution >= 4 is 28.5 Å². The largest absolute Gasteiger partial charge is 1.00 e. The number of nitrogens with zero attached hydrogens (tertiary/aromatic N) is 4. The number of hydrogen-bond acceptors (Lipinski definition) is 5. The van der Waals surface area contributed by atoms with E-state index in [9.17, 15) is 9.59 Å². The van der Waals surface area contributed by atoms with Gasteiger partial charge >= 0.3 is 0 Å². The van der Waals surface area contributed by atoms with Gasteiger partial charge in [-0.1, -0.05) is 35.3 Å². The minimum atomic E-state index is -0.172. The minimum Gasteiger partial charge on any atom is -1.00 e. The highest BCUT2D eigenvalue weighted by Gasteiger charge is 2.32. The molecule has 8 nitrogen and oxygen atoms in total. The number of rotatable bonds is 13. The van der Waals surface area contributed by atoms with Crippen LogP contribution in [0.2, 0.25) is 0 Å². The number of oxime groups is 1. The Bertz CT molecular complexity index is 1270. The molecule has 0 saturated carbocycles. The van der Waals surface area contributed by atoms with Crippen molar-refractivity contribution in [1.29, 1.82) is 0 Å². The van der Waals surface area contributed by atoms with E-state index in [-0.39, 0.29) is 45.8 Å². The van der Waals surface area contributed by atoms with Crippen molar-refractivity contribution in [3.05, 3.63) is 47.5 Å². The molecule has 0 radical (unpaired) electrons. The molecule has 42 heavy (non-hydrogen) atoms. The van der Waals surface area contributed by atoms with Crippen LogP contribution in [0.15, 0.2) is 41.6 Å². The van der Waals surface area contributed by atoms with E-state index in [1.165, 1.54) is 30.6 Å². The summed E-state index contributed by atoms with van der Waals surface area (Å²) in [6, 6.07) is 11.4. The Hall–Kier alpha value is -2.45. The molecule has 0 atom stereocenters. The van der Waals surface area contributed by atoms with Crippen molar-refractivity contribution in [2.75, 3.05) is 74.1 Å². The predicted molar refractivity (Wildman–Crippen MR) is 158 cm³/mol. The number of quaternary nitrogens is 2. The summed E-state index contributed by atoms with van der Waals surface area (Å²) < 4.78 is 7.24. The fourth-order valence-electron chi connectivity index (χ4n) is 5.40. The van der Waals surface area contributed by atoms with E-state index in [2.05, 4.69) is 45.2 Å². The van der Waals surface area contributed by atoms with Crippen LogP contribution in [0.5, 0.6) is 0 Å². The average Bonchev–Trinajstić information content (AvgIpc) is 3.44. The summed E-state index contributed by atoms with van der Waals surface area (Å²) in [5.41, 5.74) is 1.27. The first-order valence-electron chi connectivity index (χ1n) is 14.5. The van der Waals surface area contributed by atoms with Gasteiger partial charge in [-0.3, -0.25) is 14.5 Å². The lowest BCUT2D eigenvalue weighted by Crippen LogP contribution is -3.00. The van der Waals surface area contributed by atoms with Crippen LogP contribution in [0.4, 0.5) is 0 Å². The first-order chi connectivity index (χ1) is 19.2. The van der Waals surface area contributed by atoms with Gasteiger partial charge in [-0.25, -0.2) is 0 Å². The lowest BCUT2D eigenvalue weighted by atomic mass is 9.94. The molecule has 0 aromatic heterocycles. The number of imide groups is 1. The van der Waals surface area contributed by atoms with Crippen molar-refractivity contribution < 1.29 is 62.1 Å². The average molecular weight is 709 g/mol. The number of halogens is 2. The van der Waals surface area contributed by atoms with Crippen molar-refractivity contribution in [3.8, 4) is 11.8 Å². The standard InChI is InChI=1S/C32H44N4O4.2BrH/c1-35(2,22-9-10-24-39-29-18-25-40-33-29)20-7-5-6-8-21-36(3,4)23-13-19-34-31(37)27-16-11-14-26-15-12-17-28(30(26)27)32(34)38;;/h11-12,14-17H,5-8,13,18-25H2,1-4H3;2*1H/q+2;;/p-2. The van der Waals surface area contributed by atoms with Crippen LogP contribution >= 0.6 is 0 Å². The zero-order chi connectivity index (χ0) is 28.6. The van der Waals surface area contributed by atoms with Gasteiger partial charge in [-0.2, -0.15) is 0 Å². The molecule has 0 fully saturated rings. The van der Waals surface area contributed by atoms with E-state index in [1.54, 1.807) is 0 Å². The Morgan fingerprint density at radius 2 is 1.43 bits per heavy atom. The molecule has 2 aromatic rings. The molecular formula is C32H44Br2N4O4. The molecule has 10 heteroatoms. The maximum absolute atomic E-state index is 13.1. The normalized spacial score (nSPS) is 14.4. The topological polar surface area (TPSA) is 68.2 Å². The molecule has 0 unspecified atom stereocenters. The van der Waals surface area contributed by atoms with E-state index < -0.39 is 0 Å². The Morgan fingerprint density at radius 3 is 2.02 bits per heavy atom. The van der Waals surface area contributed by atoms with E-state index in [4.69, 9.17) is 9.57 Å². The Balaban J connectivity index is 0.00000308. The second kappa shape index (κ2) is 16.4. The monoisotopic (exact) mass is 706 g/mol. The van der Waals surface area contributed by atoms with E-state index >= 15 is 0 Å². The second-order valence-corrected chi connectivity index (χ2v) is 12.1. The van der Waals surface area contributed by atoms with Gasteiger partial charge in [0.15, 0.2) is 6.61 Å². The lowest BCUT2D eigenvalue weighted by Gasteiger charge is -2.32. The highest BCUT2D eigenvalue weighted by molar-refractivity contribution is 6.25. The molecule has 0 spiro atoms. The van der Waals surface area contributed by atoms with Gasteiger partial charge in [0.05, 0.1) is 54.2 Å². The maximum Gasteiger partial charge on any atom is 0.261 e. The van der Waals surface area contributed by atoms with Gasteiger partial charge < -0.3 is 52.5 Å². The molecule has 2 heterocycles. The zero-order valence-corrected chi connectivity index (χ0v) is 28.5. The predicted octanol–water partition coefficient (Wildman–Crippen LogP) is -1.70. The van der Waals surface area contributed by atoms with Crippen LogP contribution in [0.3, 0.4) is 0 Å². The fourth-order valence-corrected chi connectivity index (χ4v) is 5.40. The first kappa shape index (κ1) is 35.7. The van der Waals surface area contributed by atoms with Crippen LogP contribution in [-0.2, 0) is 9.57 Å². The molecule has 2 aromatic carbocycles. The molecule has 0 aliphatic carbocycles. The molecule has 230 valence electrons. The quantitative estimate of drug-likeness (QED) is 0.108. The number of hydrogen-bond donors (Lipinski definition) is 0. The molecule has 2 aliphatic rings. The van der Waals surface area contributed by atoms with Gasteiger partial charge in [-0.05, 0) is 49.1 Å². The zero-order valence-electron chi connectivity index (χ0n) is 25.3. The van der Waals surface area contributed by atoms with Crippen LogP contribution < -0.4 is 34.0 Å². The van der Waals surface area contributed by atoms with E-state index in [0.29, 0.717) is 36.8 Å². The summed E-state index contributed by atoms with van der Waals surface area (Å²) in [4.78, 5) is 32.6. The smallest absolute Gasteiger partial charge is 0.261 e. The number of unbranched alkanes of at least 4 members (excludes halogenated alkanes) is 3. The number of ether oxygens (including phenoxy) is 1. The number of carbonyl (C=O) groups excluding carboxylic acids is 2. The highest BCUT2D eigenvalue weighted by Crippen LogP contribution is 2.30. The van der Waals surface area contributed by atoms with Crippen molar-refractivity contribution in [1.82, 2.24) is 4.90 Å². The van der Waals surface area contributed by atoms with Gasteiger partial charge in [0.25, 0.3) is 11.8 Å². The third-order valence-electron chi connectivity index (χ3n) is 7.79. The van der Waals surface area contributed by atoms with Gasteiger partial charge in [-0.15, -0.1) is 0 Å². The van der Waals surface area contributed by atoms with Crippen LogP contribution in [0.25, 0.3) is 10.8 Å². The number of carbonyl (C=O) groups is 2. The molecular weight excluding hydrogens is 664 g/mol. The summed E-state index contributed by atoms with van der Waals surface area (Å²) in [7, 11) is 8.93. The lowest BCUT2D eigenvalue weighted by molar-refractivity contribution is -0.890. The van der Waals surface area contributed by atoms with Crippen LogP contribution in [0, 0.1) is 11.8 Å². The summed E-state index contributed by atoms with van der Waals surface area (Å²) in [5.74, 6) is 6.61. The molecule has 2 amide bonds. The molecule has 0 saturated heterocycles. The molecule has 4 rings (SSSR count). The van der Waals surface area contributed by atoms with Crippen molar-refractivity contribution in [2.24, 2.45) is 5.16 Å². The molecule has 0 bridgehead atoms. The van der Waals surface area contributed by atoms with Gasteiger partial charge in [0.1, 0.15) is 13.2 Å². The van der Waals surface area contributed by atoms with Crippen molar-refractivity contribution in [3.63, 3.8) is 0 Å². The third kappa shape index (κ3) is 9.80. The van der Waals surface area contributed by atoms with Crippen LogP contribution in [0.1, 0.15) is 59.2 Å². The summed E-state index contributed by atoms with van der Waals surface area (Å²) in [6.45, 7) is 5.34. The fraction of sp³-hybridized carbons (Fsp3) is 0.531. The number of benzene rings is 2. The third-order valence-corrected chi connectivity index (χ3v) is 7.79. The minimum absolute atomic E-state index is 0. The van der Waals surface area contributed by atoms with Crippen molar-refractivity contribution in [2.45, 2.75) is 38.5 Å². The Morgan fingerprint density at radius 1 is 0.833 bits per heavy atom. The van der Waals surface area contributed by atoms with Crippen LogP contribution in [-0.4, -0.2) is 106 Å². The summed E-state index contributed by atoms with van der Waals surface area (Å²) >= 11 is 0. The van der Waals surface area contributed by atoms with Gasteiger partial charge in [0.2, 0.25) is 5.90 Å². The van der Waals surface area contributed by atoms with E-state index in [1.807, 2.05) is 36.4 Å². The SMILES string of the molecule is C[N+](C)(CC#CCOC1=NOCC1)CCCCCC[N+](C)(C)CCCN1C(=O)c2cccc3cccc(c23)C1=O.[Br-].[Br-]. The Labute approximate surface area is 271 Å². The maximum atomic E-state index is 13.1. The van der Waals surface area contributed by atoms with Gasteiger partial charge in [0, 0.05) is 29.5 Å². The van der Waals surface area contributed by atoms with E-state index in [0.717, 1.165) is 58.8 Å². The second-order valence-electron chi connectivity index (χ2n) is 12.1. The number of amides is 2.